The van der Waals surface area contributed by atoms with Crippen LogP contribution in [0.5, 0.6) is 0 Å². The number of hydrogen-bond donors (Lipinski definition) is 0. The first-order valence-corrected chi connectivity index (χ1v) is 17.5. The summed E-state index contributed by atoms with van der Waals surface area (Å²) in [6.07, 6.45) is 0. The summed E-state index contributed by atoms with van der Waals surface area (Å²) in [5.74, 6) is 0. The molecular formula is C50H35N. The minimum atomic E-state index is 1.11. The summed E-state index contributed by atoms with van der Waals surface area (Å²) in [5, 5.41) is 4.96. The van der Waals surface area contributed by atoms with E-state index in [0.717, 1.165) is 17.1 Å². The average molecular weight is 650 g/mol. The summed E-state index contributed by atoms with van der Waals surface area (Å²) in [6, 6.07) is 76.6. The lowest BCUT2D eigenvalue weighted by Crippen LogP contribution is -2.10. The Kier molecular flexibility index (Phi) is 7.92. The van der Waals surface area contributed by atoms with Crippen LogP contribution in [0.4, 0.5) is 17.1 Å². The molecule has 1 heteroatoms. The van der Waals surface area contributed by atoms with Crippen molar-refractivity contribution in [3.63, 3.8) is 0 Å². The smallest absolute Gasteiger partial charge is 0.0540 e. The van der Waals surface area contributed by atoms with Gasteiger partial charge in [-0.3, -0.25) is 0 Å². The van der Waals surface area contributed by atoms with E-state index >= 15 is 0 Å². The Morgan fingerprint density at radius 1 is 0.255 bits per heavy atom. The molecule has 240 valence electrons. The number of anilines is 3. The van der Waals surface area contributed by atoms with Gasteiger partial charge in [-0.25, -0.2) is 0 Å². The minimum Gasteiger partial charge on any atom is -0.310 e. The topological polar surface area (TPSA) is 3.24 Å². The zero-order chi connectivity index (χ0) is 34.0. The van der Waals surface area contributed by atoms with E-state index in [1.165, 1.54) is 66.1 Å². The summed E-state index contributed by atoms with van der Waals surface area (Å²) in [6.45, 7) is 0. The summed E-state index contributed by atoms with van der Waals surface area (Å²) < 4.78 is 0. The quantitative estimate of drug-likeness (QED) is 0.166. The van der Waals surface area contributed by atoms with Crippen LogP contribution < -0.4 is 4.90 Å². The number of hydrogen-bond acceptors (Lipinski definition) is 1. The first kappa shape index (κ1) is 30.4. The third kappa shape index (κ3) is 5.86. The Morgan fingerprint density at radius 2 is 0.706 bits per heavy atom. The molecule has 0 atom stereocenters. The Bertz CT molecular complexity index is 2610. The fourth-order valence-corrected chi connectivity index (χ4v) is 7.37. The van der Waals surface area contributed by atoms with Crippen LogP contribution in [0, 0.1) is 0 Å². The lowest BCUT2D eigenvalue weighted by atomic mass is 9.94. The maximum atomic E-state index is 2.38. The Labute approximate surface area is 299 Å². The van der Waals surface area contributed by atoms with E-state index in [0.29, 0.717) is 0 Å². The SMILES string of the molecule is c1ccc(-c2ccccc2-c2ccc(N(c3ccc(-c4cccc(-c5cccc6ccccc56)c4)cc3)c3cccc4ccccc34)cc2)cc1. The molecule has 0 aliphatic rings. The van der Waals surface area contributed by atoms with Crippen LogP contribution in [0.2, 0.25) is 0 Å². The van der Waals surface area contributed by atoms with E-state index in [4.69, 9.17) is 0 Å². The number of fused-ring (bicyclic) bond motifs is 2. The highest BCUT2D eigenvalue weighted by atomic mass is 15.1. The molecule has 9 rings (SSSR count). The van der Waals surface area contributed by atoms with Crippen molar-refractivity contribution < 1.29 is 0 Å². The summed E-state index contributed by atoms with van der Waals surface area (Å²) >= 11 is 0. The largest absolute Gasteiger partial charge is 0.310 e. The second kappa shape index (κ2) is 13.3. The Morgan fingerprint density at radius 3 is 1.41 bits per heavy atom. The molecule has 0 aliphatic heterocycles. The van der Waals surface area contributed by atoms with Crippen molar-refractivity contribution in [2.45, 2.75) is 0 Å². The van der Waals surface area contributed by atoms with E-state index in [1.54, 1.807) is 0 Å². The monoisotopic (exact) mass is 649 g/mol. The molecule has 0 aromatic heterocycles. The lowest BCUT2D eigenvalue weighted by molar-refractivity contribution is 1.30. The average Bonchev–Trinajstić information content (AvgIpc) is 3.22. The minimum absolute atomic E-state index is 1.11. The summed E-state index contributed by atoms with van der Waals surface area (Å²) in [5.41, 5.74) is 13.1. The molecule has 0 amide bonds. The van der Waals surface area contributed by atoms with Crippen LogP contribution in [0.15, 0.2) is 212 Å². The van der Waals surface area contributed by atoms with Crippen LogP contribution in [0.25, 0.3) is 66.1 Å². The lowest BCUT2D eigenvalue weighted by Gasteiger charge is -2.27. The molecule has 0 radical (unpaired) electrons. The van der Waals surface area contributed by atoms with Crippen molar-refractivity contribution in [1.82, 2.24) is 0 Å². The molecule has 0 N–H and O–H groups in total. The normalized spacial score (nSPS) is 11.1. The molecule has 9 aromatic rings. The van der Waals surface area contributed by atoms with Gasteiger partial charge in [0.2, 0.25) is 0 Å². The van der Waals surface area contributed by atoms with Gasteiger partial charge in [0.1, 0.15) is 0 Å². The van der Waals surface area contributed by atoms with Crippen LogP contribution in [0.1, 0.15) is 0 Å². The van der Waals surface area contributed by atoms with Crippen molar-refractivity contribution >= 4 is 38.6 Å². The van der Waals surface area contributed by atoms with Crippen molar-refractivity contribution in [3.8, 4) is 44.5 Å². The van der Waals surface area contributed by atoms with Gasteiger partial charge in [-0.2, -0.15) is 0 Å². The number of benzene rings is 9. The van der Waals surface area contributed by atoms with Gasteiger partial charge in [0.25, 0.3) is 0 Å². The molecule has 0 fully saturated rings. The predicted octanol–water partition coefficient (Wildman–Crippen LogP) is 14.1. The van der Waals surface area contributed by atoms with Gasteiger partial charge >= 0.3 is 0 Å². The first-order chi connectivity index (χ1) is 25.3. The molecule has 9 aromatic carbocycles. The molecule has 0 spiro atoms. The second-order valence-corrected chi connectivity index (χ2v) is 12.9. The highest BCUT2D eigenvalue weighted by molar-refractivity contribution is 6.00. The standard InChI is InChI=1S/C50H35N/c1-2-13-37(14-3-1)45-22-8-9-23-47(45)40-29-33-44(34-30-40)51(50-26-12-18-39-16-5-7-24-49(39)50)43-31-27-36(28-32-43)41-19-10-20-42(35-41)48-25-11-17-38-15-4-6-21-46(38)48/h1-35H. The summed E-state index contributed by atoms with van der Waals surface area (Å²) in [7, 11) is 0. The van der Waals surface area contributed by atoms with E-state index in [1.807, 2.05) is 0 Å². The molecule has 0 saturated heterocycles. The van der Waals surface area contributed by atoms with E-state index in [-0.39, 0.29) is 0 Å². The fourth-order valence-electron chi connectivity index (χ4n) is 7.37. The third-order valence-corrected chi connectivity index (χ3v) is 9.88. The van der Waals surface area contributed by atoms with Crippen LogP contribution in [0.3, 0.4) is 0 Å². The van der Waals surface area contributed by atoms with E-state index in [9.17, 15) is 0 Å². The highest BCUT2D eigenvalue weighted by Gasteiger charge is 2.17. The molecule has 0 unspecified atom stereocenters. The van der Waals surface area contributed by atoms with Gasteiger partial charge in [0, 0.05) is 16.8 Å². The molecule has 0 saturated carbocycles. The molecule has 1 nitrogen and oxygen atoms in total. The maximum absolute atomic E-state index is 2.38. The summed E-state index contributed by atoms with van der Waals surface area (Å²) in [4.78, 5) is 2.38. The van der Waals surface area contributed by atoms with Gasteiger partial charge < -0.3 is 4.90 Å². The van der Waals surface area contributed by atoms with Gasteiger partial charge in [-0.05, 0) is 97.1 Å². The van der Waals surface area contributed by atoms with Gasteiger partial charge in [0.15, 0.2) is 0 Å². The predicted molar refractivity (Wildman–Crippen MR) is 218 cm³/mol. The molecule has 0 aliphatic carbocycles. The van der Waals surface area contributed by atoms with Crippen molar-refractivity contribution in [2.75, 3.05) is 4.90 Å². The third-order valence-electron chi connectivity index (χ3n) is 9.88. The van der Waals surface area contributed by atoms with Gasteiger partial charge in [-0.15, -0.1) is 0 Å². The molecular weight excluding hydrogens is 615 g/mol. The Balaban J connectivity index is 1.11. The van der Waals surface area contributed by atoms with Crippen molar-refractivity contribution in [3.05, 3.63) is 212 Å². The Hall–Kier alpha value is -6.70. The number of nitrogens with zero attached hydrogens (tertiary/aromatic N) is 1. The van der Waals surface area contributed by atoms with Gasteiger partial charge in [0.05, 0.1) is 5.69 Å². The van der Waals surface area contributed by atoms with Crippen LogP contribution in [-0.2, 0) is 0 Å². The van der Waals surface area contributed by atoms with E-state index in [2.05, 4.69) is 217 Å². The highest BCUT2D eigenvalue weighted by Crippen LogP contribution is 2.41. The van der Waals surface area contributed by atoms with Crippen LogP contribution >= 0.6 is 0 Å². The zero-order valence-corrected chi connectivity index (χ0v) is 28.2. The van der Waals surface area contributed by atoms with Crippen molar-refractivity contribution in [1.29, 1.82) is 0 Å². The molecule has 0 bridgehead atoms. The van der Waals surface area contributed by atoms with Crippen LogP contribution in [-0.4, -0.2) is 0 Å². The van der Waals surface area contributed by atoms with Crippen molar-refractivity contribution in [2.24, 2.45) is 0 Å². The number of rotatable bonds is 7. The first-order valence-electron chi connectivity index (χ1n) is 17.5. The second-order valence-electron chi connectivity index (χ2n) is 12.9. The maximum Gasteiger partial charge on any atom is 0.0540 e. The van der Waals surface area contributed by atoms with E-state index < -0.39 is 0 Å². The fraction of sp³-hybridized carbons (Fsp3) is 0. The molecule has 51 heavy (non-hydrogen) atoms. The zero-order valence-electron chi connectivity index (χ0n) is 28.2. The molecule has 0 heterocycles. The van der Waals surface area contributed by atoms with Gasteiger partial charge in [-0.1, -0.05) is 176 Å².